The summed E-state index contributed by atoms with van der Waals surface area (Å²) in [6.45, 7) is 4.78. The molecular formula is C14H23N. The van der Waals surface area contributed by atoms with E-state index in [4.69, 9.17) is 5.73 Å². The van der Waals surface area contributed by atoms with Crippen molar-refractivity contribution in [3.8, 4) is 0 Å². The molecule has 2 N–H and O–H groups in total. The van der Waals surface area contributed by atoms with Crippen LogP contribution < -0.4 is 5.73 Å². The maximum Gasteiger partial charge on any atom is 0.0122 e. The molecule has 1 fully saturated rings. The van der Waals surface area contributed by atoms with Crippen LogP contribution in [0.25, 0.3) is 0 Å². The lowest BCUT2D eigenvalue weighted by Gasteiger charge is -2.39. The van der Waals surface area contributed by atoms with Gasteiger partial charge in [-0.25, -0.2) is 0 Å². The van der Waals surface area contributed by atoms with E-state index in [1.165, 1.54) is 31.3 Å². The summed E-state index contributed by atoms with van der Waals surface area (Å²) in [6.07, 6.45) is 12.2. The van der Waals surface area contributed by atoms with Gasteiger partial charge in [-0.3, -0.25) is 0 Å². The summed E-state index contributed by atoms with van der Waals surface area (Å²) < 4.78 is 0. The summed E-state index contributed by atoms with van der Waals surface area (Å²) in [6, 6.07) is 0. The Morgan fingerprint density at radius 1 is 1.47 bits per heavy atom. The molecule has 0 aliphatic heterocycles. The second-order valence-electron chi connectivity index (χ2n) is 5.64. The minimum absolute atomic E-state index is 0.360. The van der Waals surface area contributed by atoms with Crippen molar-refractivity contribution in [1.82, 2.24) is 0 Å². The molecule has 0 spiro atoms. The molecule has 2 atom stereocenters. The normalized spacial score (nSPS) is 37.1. The number of rotatable bonds is 1. The summed E-state index contributed by atoms with van der Waals surface area (Å²) in [5.41, 5.74) is 9.12. The minimum Gasteiger partial charge on any atom is -0.402 e. The van der Waals surface area contributed by atoms with E-state index < -0.39 is 0 Å². The van der Waals surface area contributed by atoms with Crippen LogP contribution in [0.5, 0.6) is 0 Å². The van der Waals surface area contributed by atoms with Crippen molar-refractivity contribution in [2.45, 2.75) is 52.4 Å². The Morgan fingerprint density at radius 3 is 2.93 bits per heavy atom. The monoisotopic (exact) mass is 205 g/mol. The fraction of sp³-hybridized carbons (Fsp3) is 0.714. The lowest BCUT2D eigenvalue weighted by Crippen LogP contribution is -2.29. The molecule has 84 valence electrons. The largest absolute Gasteiger partial charge is 0.402 e. The standard InChI is InChI=1S/C14H23N/c1-11-6-5-9-14(2,10-11)12-7-3-4-8-13(12)15/h3,7,11H,4-6,8-10,15H2,1-2H3/t11-,14?/m0/s1. The zero-order valence-corrected chi connectivity index (χ0v) is 10.1. The predicted molar refractivity (Wildman–Crippen MR) is 65.3 cm³/mol. The van der Waals surface area contributed by atoms with E-state index in [1.54, 1.807) is 0 Å². The van der Waals surface area contributed by atoms with E-state index in [1.807, 2.05) is 0 Å². The van der Waals surface area contributed by atoms with Crippen LogP contribution in [0.4, 0.5) is 0 Å². The topological polar surface area (TPSA) is 26.0 Å². The Morgan fingerprint density at radius 2 is 2.27 bits per heavy atom. The second kappa shape index (κ2) is 4.03. The lowest BCUT2D eigenvalue weighted by molar-refractivity contribution is 0.212. The van der Waals surface area contributed by atoms with Crippen molar-refractivity contribution in [2.75, 3.05) is 0 Å². The molecule has 2 aliphatic carbocycles. The summed E-state index contributed by atoms with van der Waals surface area (Å²) >= 11 is 0. The first-order chi connectivity index (χ1) is 7.12. The van der Waals surface area contributed by atoms with Gasteiger partial charge in [0.1, 0.15) is 0 Å². The molecule has 0 heterocycles. The van der Waals surface area contributed by atoms with Gasteiger partial charge in [0.25, 0.3) is 0 Å². The average molecular weight is 205 g/mol. The first-order valence-corrected chi connectivity index (χ1v) is 6.27. The summed E-state index contributed by atoms with van der Waals surface area (Å²) in [4.78, 5) is 0. The van der Waals surface area contributed by atoms with Gasteiger partial charge in [-0.15, -0.1) is 0 Å². The molecule has 0 aromatic carbocycles. The minimum atomic E-state index is 0.360. The fourth-order valence-electron chi connectivity index (χ4n) is 3.33. The highest BCUT2D eigenvalue weighted by Gasteiger charge is 2.34. The van der Waals surface area contributed by atoms with Crippen LogP contribution in [0.1, 0.15) is 52.4 Å². The van der Waals surface area contributed by atoms with Crippen LogP contribution in [0.3, 0.4) is 0 Å². The third-order valence-corrected chi connectivity index (χ3v) is 4.09. The zero-order chi connectivity index (χ0) is 10.9. The van der Waals surface area contributed by atoms with Crippen LogP contribution in [0.2, 0.25) is 0 Å². The Kier molecular flexibility index (Phi) is 2.90. The Bertz CT molecular complexity index is 300. The Balaban J connectivity index is 2.24. The van der Waals surface area contributed by atoms with Crippen LogP contribution >= 0.6 is 0 Å². The highest BCUT2D eigenvalue weighted by molar-refractivity contribution is 5.34. The van der Waals surface area contributed by atoms with Crippen molar-refractivity contribution in [2.24, 2.45) is 17.1 Å². The van der Waals surface area contributed by atoms with Gasteiger partial charge in [0, 0.05) is 5.70 Å². The first kappa shape index (κ1) is 10.8. The molecule has 2 aliphatic rings. The van der Waals surface area contributed by atoms with Gasteiger partial charge in [-0.1, -0.05) is 38.8 Å². The summed E-state index contributed by atoms with van der Waals surface area (Å²) in [5.74, 6) is 0.861. The zero-order valence-electron chi connectivity index (χ0n) is 10.1. The van der Waals surface area contributed by atoms with E-state index in [0.717, 1.165) is 24.5 Å². The molecule has 2 rings (SSSR count). The molecule has 0 saturated heterocycles. The average Bonchev–Trinajstić information content (AvgIpc) is 2.17. The van der Waals surface area contributed by atoms with E-state index in [-0.39, 0.29) is 0 Å². The van der Waals surface area contributed by atoms with Crippen molar-refractivity contribution < 1.29 is 0 Å². The number of hydrogen-bond acceptors (Lipinski definition) is 1. The molecule has 15 heavy (non-hydrogen) atoms. The smallest absolute Gasteiger partial charge is 0.0122 e. The quantitative estimate of drug-likeness (QED) is 0.693. The SMILES string of the molecule is C[C@H]1CCCC(C)(C2=C(N)CCC=C2)C1. The van der Waals surface area contributed by atoms with Crippen LogP contribution in [-0.2, 0) is 0 Å². The fourth-order valence-corrected chi connectivity index (χ4v) is 3.33. The molecule has 0 bridgehead atoms. The Labute approximate surface area is 93.4 Å². The number of nitrogens with two attached hydrogens (primary N) is 1. The second-order valence-corrected chi connectivity index (χ2v) is 5.64. The van der Waals surface area contributed by atoms with Crippen molar-refractivity contribution in [3.05, 3.63) is 23.4 Å². The number of allylic oxidation sites excluding steroid dienone is 4. The molecule has 1 nitrogen and oxygen atoms in total. The summed E-state index contributed by atoms with van der Waals surface area (Å²) in [5, 5.41) is 0. The van der Waals surface area contributed by atoms with Gasteiger partial charge in [-0.05, 0) is 42.6 Å². The van der Waals surface area contributed by atoms with Crippen molar-refractivity contribution in [3.63, 3.8) is 0 Å². The third-order valence-electron chi connectivity index (χ3n) is 4.09. The third kappa shape index (κ3) is 2.11. The Hall–Kier alpha value is -0.720. The first-order valence-electron chi connectivity index (χ1n) is 6.27. The van der Waals surface area contributed by atoms with Crippen LogP contribution in [0.15, 0.2) is 23.4 Å². The van der Waals surface area contributed by atoms with Gasteiger partial charge in [0.15, 0.2) is 0 Å². The lowest BCUT2D eigenvalue weighted by atomic mass is 9.66. The van der Waals surface area contributed by atoms with E-state index >= 15 is 0 Å². The van der Waals surface area contributed by atoms with Gasteiger partial charge in [0.05, 0.1) is 0 Å². The van der Waals surface area contributed by atoms with E-state index in [2.05, 4.69) is 26.0 Å². The van der Waals surface area contributed by atoms with E-state index in [9.17, 15) is 0 Å². The van der Waals surface area contributed by atoms with Gasteiger partial charge in [-0.2, -0.15) is 0 Å². The summed E-state index contributed by atoms with van der Waals surface area (Å²) in [7, 11) is 0. The molecule has 0 aromatic rings. The molecule has 0 amide bonds. The van der Waals surface area contributed by atoms with Crippen LogP contribution in [0, 0.1) is 11.3 Å². The van der Waals surface area contributed by atoms with E-state index in [0.29, 0.717) is 5.41 Å². The highest BCUT2D eigenvalue weighted by atomic mass is 14.6. The van der Waals surface area contributed by atoms with Crippen LogP contribution in [-0.4, -0.2) is 0 Å². The predicted octanol–water partition coefficient (Wildman–Crippen LogP) is 3.77. The molecular weight excluding hydrogens is 182 g/mol. The highest BCUT2D eigenvalue weighted by Crippen LogP contribution is 2.46. The van der Waals surface area contributed by atoms with Crippen molar-refractivity contribution in [1.29, 1.82) is 0 Å². The molecule has 0 radical (unpaired) electrons. The van der Waals surface area contributed by atoms with Gasteiger partial charge in [0.2, 0.25) is 0 Å². The van der Waals surface area contributed by atoms with Gasteiger partial charge < -0.3 is 5.73 Å². The maximum atomic E-state index is 6.17. The molecule has 0 aromatic heterocycles. The van der Waals surface area contributed by atoms with Crippen molar-refractivity contribution >= 4 is 0 Å². The molecule has 1 saturated carbocycles. The number of hydrogen-bond donors (Lipinski definition) is 1. The molecule has 1 heteroatoms. The van der Waals surface area contributed by atoms with Gasteiger partial charge >= 0.3 is 0 Å². The molecule has 1 unspecified atom stereocenters. The maximum absolute atomic E-state index is 6.17.